The van der Waals surface area contributed by atoms with Crippen molar-refractivity contribution in [3.8, 4) is 0 Å². The minimum Gasteiger partial charge on any atom is -0.380 e. The molecule has 1 fully saturated rings. The van der Waals surface area contributed by atoms with Crippen LogP contribution in [0, 0.1) is 16.0 Å². The smallest absolute Gasteiger partial charge is 0.315 e. The average Bonchev–Trinajstić information content (AvgIpc) is 2.47. The van der Waals surface area contributed by atoms with Gasteiger partial charge in [-0.05, 0) is 37.8 Å². The Morgan fingerprint density at radius 1 is 1.35 bits per heavy atom. The number of rotatable bonds is 5. The maximum Gasteiger partial charge on any atom is 0.315 e. The van der Waals surface area contributed by atoms with E-state index in [1.165, 1.54) is 6.42 Å². The summed E-state index contributed by atoms with van der Waals surface area (Å²) in [5.41, 5.74) is 1.58. The number of benzene rings is 1. The summed E-state index contributed by atoms with van der Waals surface area (Å²) in [6.07, 6.45) is 3.45. The topological polar surface area (TPSA) is 58.4 Å². The molecule has 0 amide bonds. The van der Waals surface area contributed by atoms with E-state index in [4.69, 9.17) is 0 Å². The number of nitro benzene ring substituents is 1. The fraction of sp³-hybridized carbons (Fsp3) is 0.600. The molecule has 1 saturated heterocycles. The maximum absolute atomic E-state index is 11.4. The molecule has 0 spiro atoms. The molecule has 1 heterocycles. The summed E-state index contributed by atoms with van der Waals surface area (Å²) < 4.78 is 0. The second kappa shape index (κ2) is 6.59. The highest BCUT2D eigenvalue weighted by molar-refractivity contribution is 5.77. The summed E-state index contributed by atoms with van der Waals surface area (Å²) in [5.74, 6) is 0.766. The van der Waals surface area contributed by atoms with Gasteiger partial charge in [-0.2, -0.15) is 0 Å². The number of nitro groups is 1. The number of anilines is 2. The maximum atomic E-state index is 11.4. The van der Waals surface area contributed by atoms with Gasteiger partial charge in [0.1, 0.15) is 11.4 Å². The largest absolute Gasteiger partial charge is 0.380 e. The number of para-hydroxylation sites is 1. The van der Waals surface area contributed by atoms with Crippen molar-refractivity contribution in [2.45, 2.75) is 33.1 Å². The van der Waals surface area contributed by atoms with Crippen molar-refractivity contribution in [1.29, 1.82) is 0 Å². The third-order valence-electron chi connectivity index (χ3n) is 4.10. The van der Waals surface area contributed by atoms with Crippen LogP contribution in [0.15, 0.2) is 18.2 Å². The van der Waals surface area contributed by atoms with Crippen LogP contribution in [0.25, 0.3) is 0 Å². The van der Waals surface area contributed by atoms with Crippen LogP contribution in [0.1, 0.15) is 33.1 Å². The first kappa shape index (κ1) is 14.6. The zero-order valence-corrected chi connectivity index (χ0v) is 12.3. The lowest BCUT2D eigenvalue weighted by atomic mass is 9.94. The van der Waals surface area contributed by atoms with Gasteiger partial charge in [0.2, 0.25) is 0 Å². The standard InChI is InChI=1S/C15H23N3O2/c1-3-12-8-10-17(11-9-12)14-7-5-6-13(16-4-2)15(14)18(19)20/h5-7,12,16H,3-4,8-11H2,1-2H3. The molecule has 20 heavy (non-hydrogen) atoms. The molecule has 0 saturated carbocycles. The number of piperidine rings is 1. The highest BCUT2D eigenvalue weighted by atomic mass is 16.6. The van der Waals surface area contributed by atoms with Crippen molar-refractivity contribution in [3.05, 3.63) is 28.3 Å². The van der Waals surface area contributed by atoms with Crippen molar-refractivity contribution in [2.75, 3.05) is 29.9 Å². The van der Waals surface area contributed by atoms with E-state index in [2.05, 4.69) is 17.1 Å². The Balaban J connectivity index is 2.27. The van der Waals surface area contributed by atoms with Gasteiger partial charge < -0.3 is 10.2 Å². The second-order valence-corrected chi connectivity index (χ2v) is 5.30. The minimum atomic E-state index is -0.265. The van der Waals surface area contributed by atoms with E-state index in [0.29, 0.717) is 12.2 Å². The molecule has 1 aromatic rings. The van der Waals surface area contributed by atoms with Gasteiger partial charge in [0.15, 0.2) is 0 Å². The first-order valence-corrected chi connectivity index (χ1v) is 7.43. The van der Waals surface area contributed by atoms with Gasteiger partial charge in [0.25, 0.3) is 0 Å². The summed E-state index contributed by atoms with van der Waals surface area (Å²) in [5, 5.41) is 14.5. The predicted octanol–water partition coefficient (Wildman–Crippen LogP) is 3.65. The van der Waals surface area contributed by atoms with Crippen LogP contribution in [0.3, 0.4) is 0 Å². The molecule has 0 aliphatic carbocycles. The molecule has 0 aromatic heterocycles. The number of nitrogens with zero attached hydrogens (tertiary/aromatic N) is 2. The minimum absolute atomic E-state index is 0.212. The SMILES string of the molecule is CCNc1cccc(N2CCC(CC)CC2)c1[N+](=O)[O-]. The van der Waals surface area contributed by atoms with Gasteiger partial charge in [0.05, 0.1) is 4.92 Å². The molecule has 1 aromatic carbocycles. The number of nitrogens with one attached hydrogen (secondary N) is 1. The third kappa shape index (κ3) is 3.03. The Labute approximate surface area is 120 Å². The second-order valence-electron chi connectivity index (χ2n) is 5.30. The first-order valence-electron chi connectivity index (χ1n) is 7.43. The van der Waals surface area contributed by atoms with E-state index in [1.54, 1.807) is 6.07 Å². The molecule has 0 bridgehead atoms. The molecule has 5 nitrogen and oxygen atoms in total. The molecule has 0 atom stereocenters. The van der Waals surface area contributed by atoms with Crippen molar-refractivity contribution in [2.24, 2.45) is 5.92 Å². The van der Waals surface area contributed by atoms with Crippen LogP contribution in [0.4, 0.5) is 17.1 Å². The Hall–Kier alpha value is -1.78. The monoisotopic (exact) mass is 277 g/mol. The van der Waals surface area contributed by atoms with E-state index in [1.807, 2.05) is 19.1 Å². The summed E-state index contributed by atoms with van der Waals surface area (Å²) in [6.45, 7) is 6.67. The van der Waals surface area contributed by atoms with Crippen LogP contribution >= 0.6 is 0 Å². The van der Waals surface area contributed by atoms with Crippen LogP contribution in [0.5, 0.6) is 0 Å². The van der Waals surface area contributed by atoms with E-state index < -0.39 is 0 Å². The third-order valence-corrected chi connectivity index (χ3v) is 4.10. The Bertz CT molecular complexity index is 468. The Kier molecular flexibility index (Phi) is 4.82. The van der Waals surface area contributed by atoms with Crippen LogP contribution in [-0.2, 0) is 0 Å². The molecule has 1 N–H and O–H groups in total. The van der Waals surface area contributed by atoms with Crippen molar-refractivity contribution in [3.63, 3.8) is 0 Å². The van der Waals surface area contributed by atoms with Gasteiger partial charge in [-0.25, -0.2) is 0 Å². The molecular weight excluding hydrogens is 254 g/mol. The average molecular weight is 277 g/mol. The first-order chi connectivity index (χ1) is 9.67. The van der Waals surface area contributed by atoms with Gasteiger partial charge in [-0.3, -0.25) is 10.1 Å². The summed E-state index contributed by atoms with van der Waals surface area (Å²) in [4.78, 5) is 13.3. The van der Waals surface area contributed by atoms with Gasteiger partial charge in [0, 0.05) is 19.6 Å². The van der Waals surface area contributed by atoms with E-state index in [9.17, 15) is 10.1 Å². The molecule has 1 aliphatic heterocycles. The van der Waals surface area contributed by atoms with E-state index in [-0.39, 0.29) is 10.6 Å². The highest BCUT2D eigenvalue weighted by Gasteiger charge is 2.26. The lowest BCUT2D eigenvalue weighted by Crippen LogP contribution is -2.33. The van der Waals surface area contributed by atoms with Gasteiger partial charge in [-0.15, -0.1) is 0 Å². The lowest BCUT2D eigenvalue weighted by Gasteiger charge is -2.33. The fourth-order valence-corrected chi connectivity index (χ4v) is 2.89. The number of hydrogen-bond donors (Lipinski definition) is 1. The predicted molar refractivity (Wildman–Crippen MR) is 82.5 cm³/mol. The molecular formula is C15H23N3O2. The quantitative estimate of drug-likeness (QED) is 0.659. The Morgan fingerprint density at radius 3 is 2.60 bits per heavy atom. The molecule has 2 rings (SSSR count). The normalized spacial score (nSPS) is 16.2. The van der Waals surface area contributed by atoms with Crippen LogP contribution in [-0.4, -0.2) is 24.6 Å². The molecule has 0 unspecified atom stereocenters. The Morgan fingerprint density at radius 2 is 2.05 bits per heavy atom. The summed E-state index contributed by atoms with van der Waals surface area (Å²) in [7, 11) is 0. The van der Waals surface area contributed by atoms with Crippen LogP contribution < -0.4 is 10.2 Å². The van der Waals surface area contributed by atoms with Crippen molar-refractivity contribution >= 4 is 17.1 Å². The zero-order valence-electron chi connectivity index (χ0n) is 12.3. The fourth-order valence-electron chi connectivity index (χ4n) is 2.89. The zero-order chi connectivity index (χ0) is 14.5. The van der Waals surface area contributed by atoms with Crippen LogP contribution in [0.2, 0.25) is 0 Å². The number of hydrogen-bond acceptors (Lipinski definition) is 4. The molecule has 110 valence electrons. The summed E-state index contributed by atoms with van der Waals surface area (Å²) >= 11 is 0. The van der Waals surface area contributed by atoms with Gasteiger partial charge >= 0.3 is 5.69 Å². The highest BCUT2D eigenvalue weighted by Crippen LogP contribution is 2.37. The summed E-state index contributed by atoms with van der Waals surface area (Å²) in [6, 6.07) is 5.54. The van der Waals surface area contributed by atoms with Gasteiger partial charge in [-0.1, -0.05) is 19.4 Å². The molecule has 1 aliphatic rings. The molecule has 0 radical (unpaired) electrons. The van der Waals surface area contributed by atoms with E-state index in [0.717, 1.165) is 37.5 Å². The lowest BCUT2D eigenvalue weighted by molar-refractivity contribution is -0.383. The molecule has 5 heteroatoms. The van der Waals surface area contributed by atoms with Crippen molar-refractivity contribution in [1.82, 2.24) is 0 Å². The van der Waals surface area contributed by atoms with E-state index >= 15 is 0 Å². The van der Waals surface area contributed by atoms with Crippen molar-refractivity contribution < 1.29 is 4.92 Å².